The van der Waals surface area contributed by atoms with E-state index in [0.29, 0.717) is 25.0 Å². The van der Waals surface area contributed by atoms with Gasteiger partial charge >= 0.3 is 5.97 Å². The Bertz CT molecular complexity index is 273. The van der Waals surface area contributed by atoms with Gasteiger partial charge in [-0.3, -0.25) is 9.59 Å². The van der Waals surface area contributed by atoms with Crippen LogP contribution in [0.1, 0.15) is 77.0 Å². The van der Waals surface area contributed by atoms with Crippen LogP contribution in [0.15, 0.2) is 0 Å². The number of methoxy groups -OCH3 is 1. The zero-order chi connectivity index (χ0) is 13.9. The summed E-state index contributed by atoms with van der Waals surface area (Å²) >= 11 is 0. The van der Waals surface area contributed by atoms with E-state index in [9.17, 15) is 9.59 Å². The van der Waals surface area contributed by atoms with E-state index in [0.717, 1.165) is 19.3 Å². The van der Waals surface area contributed by atoms with Gasteiger partial charge in [0.1, 0.15) is 5.78 Å². The lowest BCUT2D eigenvalue weighted by molar-refractivity contribution is -0.141. The molecule has 110 valence electrons. The summed E-state index contributed by atoms with van der Waals surface area (Å²) in [4.78, 5) is 23.4. The number of ketones is 1. The van der Waals surface area contributed by atoms with Crippen molar-refractivity contribution in [1.29, 1.82) is 0 Å². The van der Waals surface area contributed by atoms with Gasteiger partial charge in [-0.1, -0.05) is 44.9 Å². The van der Waals surface area contributed by atoms with Gasteiger partial charge < -0.3 is 4.74 Å². The molecule has 19 heavy (non-hydrogen) atoms. The number of hydrogen-bond acceptors (Lipinski definition) is 3. The maximum absolute atomic E-state index is 12.2. The molecule has 3 heteroatoms. The van der Waals surface area contributed by atoms with Crippen LogP contribution in [0.25, 0.3) is 0 Å². The maximum Gasteiger partial charge on any atom is 0.305 e. The third kappa shape index (κ3) is 7.34. The van der Waals surface area contributed by atoms with E-state index >= 15 is 0 Å². The first-order valence-corrected chi connectivity index (χ1v) is 7.83. The fraction of sp³-hybridized carbons (Fsp3) is 0.875. The highest BCUT2D eigenvalue weighted by Crippen LogP contribution is 2.22. The highest BCUT2D eigenvalue weighted by Gasteiger charge is 2.19. The highest BCUT2D eigenvalue weighted by atomic mass is 16.5. The zero-order valence-corrected chi connectivity index (χ0v) is 12.3. The lowest BCUT2D eigenvalue weighted by Gasteiger charge is -2.16. The van der Waals surface area contributed by atoms with E-state index in [1.807, 2.05) is 0 Å². The van der Waals surface area contributed by atoms with Gasteiger partial charge in [-0.25, -0.2) is 0 Å². The third-order valence-electron chi connectivity index (χ3n) is 4.11. The van der Waals surface area contributed by atoms with Crippen LogP contribution >= 0.6 is 0 Å². The maximum atomic E-state index is 12.2. The van der Waals surface area contributed by atoms with Crippen molar-refractivity contribution in [1.82, 2.24) is 0 Å². The number of rotatable bonds is 3. The molecule has 1 saturated carbocycles. The van der Waals surface area contributed by atoms with Crippen LogP contribution in [0.4, 0.5) is 0 Å². The summed E-state index contributed by atoms with van der Waals surface area (Å²) in [6.07, 6.45) is 12.5. The summed E-state index contributed by atoms with van der Waals surface area (Å²) in [7, 11) is 1.41. The molecule has 0 bridgehead atoms. The summed E-state index contributed by atoms with van der Waals surface area (Å²) in [5.41, 5.74) is 0. The molecule has 1 fully saturated rings. The minimum Gasteiger partial charge on any atom is -0.469 e. The van der Waals surface area contributed by atoms with Crippen LogP contribution in [0, 0.1) is 5.92 Å². The summed E-state index contributed by atoms with van der Waals surface area (Å²) in [5.74, 6) is 0.252. The van der Waals surface area contributed by atoms with E-state index in [1.54, 1.807) is 0 Å². The summed E-state index contributed by atoms with van der Waals surface area (Å²) in [6, 6.07) is 0. The molecular weight excluding hydrogens is 240 g/mol. The molecule has 0 aromatic carbocycles. The number of carbonyl (C=O) groups excluding carboxylic acids is 2. The second kappa shape index (κ2) is 9.99. The average molecular weight is 268 g/mol. The Kier molecular flexibility index (Phi) is 8.52. The van der Waals surface area contributed by atoms with Gasteiger partial charge in [-0.15, -0.1) is 0 Å². The summed E-state index contributed by atoms with van der Waals surface area (Å²) in [5, 5.41) is 0. The van der Waals surface area contributed by atoms with Crippen LogP contribution in [0.2, 0.25) is 0 Å². The van der Waals surface area contributed by atoms with Gasteiger partial charge in [0.15, 0.2) is 0 Å². The fourth-order valence-corrected chi connectivity index (χ4v) is 2.82. The Labute approximate surface area is 117 Å². The summed E-state index contributed by atoms with van der Waals surface area (Å²) < 4.78 is 4.66. The smallest absolute Gasteiger partial charge is 0.305 e. The quantitative estimate of drug-likeness (QED) is 0.725. The first-order chi connectivity index (χ1) is 9.24. The first-order valence-electron chi connectivity index (χ1n) is 7.83. The number of Topliss-reactive ketones (excluding diaryl/α,β-unsaturated/α-hetero) is 1. The van der Waals surface area contributed by atoms with Crippen LogP contribution in [-0.4, -0.2) is 18.9 Å². The number of ether oxygens (including phenoxy) is 1. The molecule has 0 spiro atoms. The van der Waals surface area contributed by atoms with E-state index in [-0.39, 0.29) is 11.9 Å². The molecule has 0 heterocycles. The van der Waals surface area contributed by atoms with Gasteiger partial charge in [0.05, 0.1) is 7.11 Å². The van der Waals surface area contributed by atoms with E-state index in [1.165, 1.54) is 45.6 Å². The largest absolute Gasteiger partial charge is 0.469 e. The molecule has 0 aliphatic heterocycles. The summed E-state index contributed by atoms with van der Waals surface area (Å²) in [6.45, 7) is 0. The van der Waals surface area contributed by atoms with Crippen LogP contribution in [0.5, 0.6) is 0 Å². The molecule has 0 amide bonds. The minimum atomic E-state index is -0.195. The molecule has 0 radical (unpaired) electrons. The van der Waals surface area contributed by atoms with Crippen molar-refractivity contribution in [3.05, 3.63) is 0 Å². The lowest BCUT2D eigenvalue weighted by atomic mass is 9.88. The van der Waals surface area contributed by atoms with Gasteiger partial charge in [0.2, 0.25) is 0 Å². The second-order valence-corrected chi connectivity index (χ2v) is 5.65. The monoisotopic (exact) mass is 268 g/mol. The van der Waals surface area contributed by atoms with Crippen molar-refractivity contribution in [2.75, 3.05) is 7.11 Å². The second-order valence-electron chi connectivity index (χ2n) is 5.65. The van der Waals surface area contributed by atoms with Crippen molar-refractivity contribution in [3.63, 3.8) is 0 Å². The van der Waals surface area contributed by atoms with Crippen molar-refractivity contribution in [3.8, 4) is 0 Å². The Morgan fingerprint density at radius 1 is 1.05 bits per heavy atom. The lowest BCUT2D eigenvalue weighted by Crippen LogP contribution is -2.17. The molecule has 1 rings (SSSR count). The molecule has 1 aliphatic carbocycles. The Hall–Kier alpha value is -0.860. The predicted octanol–water partition coefficient (Wildman–Crippen LogP) is 4.04. The molecule has 1 aliphatic rings. The average Bonchev–Trinajstić information content (AvgIpc) is 2.41. The van der Waals surface area contributed by atoms with Gasteiger partial charge in [0, 0.05) is 18.8 Å². The molecule has 1 atom stereocenters. The van der Waals surface area contributed by atoms with Crippen molar-refractivity contribution >= 4 is 11.8 Å². The molecule has 0 saturated heterocycles. The van der Waals surface area contributed by atoms with Crippen LogP contribution in [0.3, 0.4) is 0 Å². The topological polar surface area (TPSA) is 43.4 Å². The number of esters is 1. The highest BCUT2D eigenvalue weighted by molar-refractivity contribution is 5.81. The Morgan fingerprint density at radius 2 is 1.63 bits per heavy atom. The Morgan fingerprint density at radius 3 is 2.26 bits per heavy atom. The van der Waals surface area contributed by atoms with Crippen LogP contribution in [-0.2, 0) is 14.3 Å². The normalized spacial score (nSPS) is 23.2. The fourth-order valence-electron chi connectivity index (χ4n) is 2.82. The molecular formula is C16H28O3. The van der Waals surface area contributed by atoms with Crippen molar-refractivity contribution < 1.29 is 14.3 Å². The zero-order valence-electron chi connectivity index (χ0n) is 12.3. The first kappa shape index (κ1) is 16.2. The van der Waals surface area contributed by atoms with Gasteiger partial charge in [0.25, 0.3) is 0 Å². The number of hydrogen-bond donors (Lipinski definition) is 0. The van der Waals surface area contributed by atoms with Gasteiger partial charge in [-0.2, -0.15) is 0 Å². The minimum absolute atomic E-state index is 0.0820. The van der Waals surface area contributed by atoms with E-state index in [4.69, 9.17) is 0 Å². The predicted molar refractivity (Wildman–Crippen MR) is 75.9 cm³/mol. The SMILES string of the molecule is COC(=O)CCC1CCCCCCCCCCC1=O. The Balaban J connectivity index is 2.41. The molecule has 0 aromatic heterocycles. The molecule has 0 N–H and O–H groups in total. The molecule has 3 nitrogen and oxygen atoms in total. The molecule has 0 aromatic rings. The van der Waals surface area contributed by atoms with Crippen molar-refractivity contribution in [2.24, 2.45) is 5.92 Å². The van der Waals surface area contributed by atoms with E-state index in [2.05, 4.69) is 4.74 Å². The number of carbonyl (C=O) groups is 2. The van der Waals surface area contributed by atoms with Crippen molar-refractivity contribution in [2.45, 2.75) is 77.0 Å². The third-order valence-corrected chi connectivity index (χ3v) is 4.11. The van der Waals surface area contributed by atoms with Gasteiger partial charge in [-0.05, 0) is 19.3 Å². The van der Waals surface area contributed by atoms with E-state index < -0.39 is 0 Å². The molecule has 1 unspecified atom stereocenters. The standard InChI is InChI=1S/C16H28O3/c1-19-16(18)13-12-14-10-8-6-4-2-3-5-7-9-11-15(14)17/h14H,2-13H2,1H3. The van der Waals surface area contributed by atoms with Crippen LogP contribution < -0.4 is 0 Å².